The fraction of sp³-hybridized carbons (Fsp3) is 0.0870. The topological polar surface area (TPSA) is 74.3 Å². The van der Waals surface area contributed by atoms with E-state index in [-0.39, 0.29) is 0 Å². The van der Waals surface area contributed by atoms with Crippen molar-refractivity contribution >= 4 is 22.6 Å². The van der Waals surface area contributed by atoms with E-state index in [4.69, 9.17) is 4.74 Å². The minimum Gasteiger partial charge on any atom is -0.480 e. The van der Waals surface area contributed by atoms with Gasteiger partial charge in [-0.3, -0.25) is 4.79 Å². The molecule has 4 aromatic rings. The molecular weight excluding hydrogens is 352 g/mol. The number of fused-ring (bicyclic) bond motifs is 1. The third-order valence-electron chi connectivity index (χ3n) is 4.51. The van der Waals surface area contributed by atoms with Crippen molar-refractivity contribution in [2.75, 3.05) is 5.32 Å². The molecule has 1 heterocycles. The maximum absolute atomic E-state index is 11.3. The second kappa shape index (κ2) is 7.48. The summed E-state index contributed by atoms with van der Waals surface area (Å²) in [5.74, 6) is 0.438. The summed E-state index contributed by atoms with van der Waals surface area (Å²) in [7, 11) is 0. The summed E-state index contributed by atoms with van der Waals surface area (Å²) in [6.45, 7) is 1.61. The number of aliphatic carboxylic acids is 1. The Kier molecular flexibility index (Phi) is 4.72. The third kappa shape index (κ3) is 3.69. The number of aromatic nitrogens is 1. The molecule has 0 saturated carbocycles. The molecule has 0 aliphatic rings. The van der Waals surface area contributed by atoms with Gasteiger partial charge >= 0.3 is 5.97 Å². The zero-order chi connectivity index (χ0) is 19.5. The Morgan fingerprint density at radius 1 is 0.964 bits per heavy atom. The first-order chi connectivity index (χ1) is 13.6. The van der Waals surface area contributed by atoms with Crippen LogP contribution >= 0.6 is 0 Å². The van der Waals surface area contributed by atoms with Gasteiger partial charge in [-0.15, -0.1) is 0 Å². The van der Waals surface area contributed by atoms with E-state index >= 15 is 0 Å². The van der Waals surface area contributed by atoms with Gasteiger partial charge in [-0.05, 0) is 36.8 Å². The van der Waals surface area contributed by atoms with Crippen molar-refractivity contribution < 1.29 is 14.6 Å². The highest BCUT2D eigenvalue weighted by molar-refractivity contribution is 5.97. The second-order valence-corrected chi connectivity index (χ2v) is 6.60. The molecule has 0 bridgehead atoms. The average Bonchev–Trinajstić information content (AvgIpc) is 3.14. The predicted molar refractivity (Wildman–Crippen MR) is 111 cm³/mol. The first-order valence-electron chi connectivity index (χ1n) is 9.04. The molecule has 1 aromatic heterocycles. The van der Waals surface area contributed by atoms with Crippen LogP contribution in [0.25, 0.3) is 22.2 Å². The van der Waals surface area contributed by atoms with Crippen LogP contribution in [0.5, 0.6) is 11.5 Å². The standard InChI is InChI=1S/C23H20N2O3/c1-15(23(26)27)24-21-14-19(28-18-10-6-3-7-11-18)12-17-13-20(25-22(17)21)16-8-4-2-5-9-16/h2-15,24-25H,1H3,(H,26,27). The zero-order valence-corrected chi connectivity index (χ0v) is 15.3. The number of carboxylic acids is 1. The SMILES string of the molecule is CC(Nc1cc(Oc2ccccc2)cc2cc(-c3ccccc3)[nH]c12)C(=O)O. The van der Waals surface area contributed by atoms with Crippen LogP contribution in [-0.2, 0) is 4.79 Å². The van der Waals surface area contributed by atoms with Crippen LogP contribution in [0.4, 0.5) is 5.69 Å². The molecule has 0 saturated heterocycles. The van der Waals surface area contributed by atoms with E-state index in [9.17, 15) is 9.90 Å². The van der Waals surface area contributed by atoms with Crippen LogP contribution in [0.2, 0.25) is 0 Å². The van der Waals surface area contributed by atoms with E-state index in [1.807, 2.05) is 78.9 Å². The van der Waals surface area contributed by atoms with Crippen molar-refractivity contribution in [1.82, 2.24) is 4.98 Å². The molecule has 1 unspecified atom stereocenters. The molecule has 0 fully saturated rings. The van der Waals surface area contributed by atoms with E-state index in [2.05, 4.69) is 10.3 Å². The molecule has 0 amide bonds. The quantitative estimate of drug-likeness (QED) is 0.417. The lowest BCUT2D eigenvalue weighted by molar-refractivity contribution is -0.137. The number of anilines is 1. The van der Waals surface area contributed by atoms with Crippen molar-refractivity contribution in [3.8, 4) is 22.8 Å². The fourth-order valence-corrected chi connectivity index (χ4v) is 3.08. The number of benzene rings is 3. The molecule has 0 radical (unpaired) electrons. The van der Waals surface area contributed by atoms with Crippen LogP contribution in [0.15, 0.2) is 78.9 Å². The second-order valence-electron chi connectivity index (χ2n) is 6.60. The number of aromatic amines is 1. The Morgan fingerprint density at radius 3 is 2.32 bits per heavy atom. The van der Waals surface area contributed by atoms with Crippen LogP contribution in [0.3, 0.4) is 0 Å². The number of hydrogen-bond acceptors (Lipinski definition) is 3. The van der Waals surface area contributed by atoms with E-state index in [0.717, 1.165) is 27.9 Å². The largest absolute Gasteiger partial charge is 0.480 e. The Hall–Kier alpha value is -3.73. The highest BCUT2D eigenvalue weighted by atomic mass is 16.5. The molecule has 140 valence electrons. The van der Waals surface area contributed by atoms with Gasteiger partial charge in [0.1, 0.15) is 17.5 Å². The Labute approximate surface area is 162 Å². The van der Waals surface area contributed by atoms with E-state index in [1.54, 1.807) is 6.92 Å². The summed E-state index contributed by atoms with van der Waals surface area (Å²) < 4.78 is 5.98. The average molecular weight is 372 g/mol. The molecule has 5 heteroatoms. The molecule has 0 aliphatic carbocycles. The van der Waals surface area contributed by atoms with Crippen molar-refractivity contribution in [3.63, 3.8) is 0 Å². The molecular formula is C23H20N2O3. The maximum Gasteiger partial charge on any atom is 0.325 e. The van der Waals surface area contributed by atoms with Gasteiger partial charge in [0.2, 0.25) is 0 Å². The van der Waals surface area contributed by atoms with Gasteiger partial charge in [0.05, 0.1) is 11.2 Å². The van der Waals surface area contributed by atoms with Gasteiger partial charge in [-0.25, -0.2) is 0 Å². The number of carboxylic acid groups (broad SMARTS) is 1. The molecule has 5 nitrogen and oxygen atoms in total. The highest BCUT2D eigenvalue weighted by Crippen LogP contribution is 2.35. The third-order valence-corrected chi connectivity index (χ3v) is 4.51. The van der Waals surface area contributed by atoms with Crippen molar-refractivity contribution in [3.05, 3.63) is 78.9 Å². The molecule has 4 rings (SSSR count). The minimum atomic E-state index is -0.919. The monoisotopic (exact) mass is 372 g/mol. The molecule has 1 atom stereocenters. The smallest absolute Gasteiger partial charge is 0.325 e. The first-order valence-corrected chi connectivity index (χ1v) is 9.04. The van der Waals surface area contributed by atoms with Gasteiger partial charge < -0.3 is 20.1 Å². The Bertz CT molecular complexity index is 1100. The minimum absolute atomic E-state index is 0.636. The van der Waals surface area contributed by atoms with Crippen LogP contribution in [0.1, 0.15) is 6.92 Å². The maximum atomic E-state index is 11.3. The zero-order valence-electron chi connectivity index (χ0n) is 15.3. The Balaban J connectivity index is 1.79. The highest BCUT2D eigenvalue weighted by Gasteiger charge is 2.15. The van der Waals surface area contributed by atoms with Gasteiger partial charge in [0, 0.05) is 17.1 Å². The number of ether oxygens (including phenoxy) is 1. The van der Waals surface area contributed by atoms with Crippen LogP contribution in [0, 0.1) is 0 Å². The van der Waals surface area contributed by atoms with Crippen molar-refractivity contribution in [1.29, 1.82) is 0 Å². The number of carbonyl (C=O) groups is 1. The summed E-state index contributed by atoms with van der Waals surface area (Å²) in [6, 6.07) is 24.6. The number of para-hydroxylation sites is 1. The summed E-state index contributed by atoms with van der Waals surface area (Å²) in [6.07, 6.45) is 0. The van der Waals surface area contributed by atoms with Crippen molar-refractivity contribution in [2.45, 2.75) is 13.0 Å². The molecule has 3 aromatic carbocycles. The summed E-state index contributed by atoms with van der Waals surface area (Å²) in [5, 5.41) is 13.3. The van der Waals surface area contributed by atoms with E-state index in [1.165, 1.54) is 0 Å². The molecule has 3 N–H and O–H groups in total. The molecule has 0 aliphatic heterocycles. The summed E-state index contributed by atoms with van der Waals surface area (Å²) in [4.78, 5) is 14.7. The van der Waals surface area contributed by atoms with Gasteiger partial charge in [-0.1, -0.05) is 48.5 Å². The fourth-order valence-electron chi connectivity index (χ4n) is 3.08. The summed E-state index contributed by atoms with van der Waals surface area (Å²) in [5.41, 5.74) is 3.54. The number of rotatable bonds is 6. The number of hydrogen-bond donors (Lipinski definition) is 3. The number of nitrogens with one attached hydrogen (secondary N) is 2. The van der Waals surface area contributed by atoms with Crippen LogP contribution in [-0.4, -0.2) is 22.1 Å². The van der Waals surface area contributed by atoms with Crippen molar-refractivity contribution in [2.24, 2.45) is 0 Å². The van der Waals surface area contributed by atoms with Gasteiger partial charge in [0.25, 0.3) is 0 Å². The Morgan fingerprint density at radius 2 is 1.64 bits per heavy atom. The van der Waals surface area contributed by atoms with E-state index in [0.29, 0.717) is 11.4 Å². The molecule has 0 spiro atoms. The predicted octanol–water partition coefficient (Wildman–Crippen LogP) is 5.51. The first kappa shape index (κ1) is 17.7. The normalized spacial score (nSPS) is 11.9. The lowest BCUT2D eigenvalue weighted by Gasteiger charge is -2.14. The lowest BCUT2D eigenvalue weighted by Crippen LogP contribution is -2.25. The lowest BCUT2D eigenvalue weighted by atomic mass is 10.1. The van der Waals surface area contributed by atoms with Gasteiger partial charge in [-0.2, -0.15) is 0 Å². The van der Waals surface area contributed by atoms with E-state index < -0.39 is 12.0 Å². The van der Waals surface area contributed by atoms with Gasteiger partial charge in [0.15, 0.2) is 0 Å². The van der Waals surface area contributed by atoms with Crippen LogP contribution < -0.4 is 10.1 Å². The number of H-pyrrole nitrogens is 1. The molecule has 28 heavy (non-hydrogen) atoms. The summed E-state index contributed by atoms with van der Waals surface area (Å²) >= 11 is 0.